The lowest BCUT2D eigenvalue weighted by molar-refractivity contribution is -0.134. The molecule has 0 radical (unpaired) electrons. The highest BCUT2D eigenvalue weighted by Crippen LogP contribution is 2.57. The zero-order valence-corrected chi connectivity index (χ0v) is 24.2. The van der Waals surface area contributed by atoms with Gasteiger partial charge in [-0.15, -0.1) is 0 Å². The largest absolute Gasteiger partial charge is 0.444 e. The van der Waals surface area contributed by atoms with Crippen LogP contribution in [0.1, 0.15) is 86.8 Å². The Morgan fingerprint density at radius 2 is 1.81 bits per heavy atom. The van der Waals surface area contributed by atoms with E-state index in [-0.39, 0.29) is 35.8 Å². The minimum absolute atomic E-state index is 0.183. The Labute approximate surface area is 244 Å². The highest BCUT2D eigenvalue weighted by molar-refractivity contribution is 6.27. The number of amides is 4. The standard InChI is InChI=1S/C32H35N5O5/c1-31(2,3)42-30(41)35-15-11-20(12-16-35)36-18-19(17-33-36)32(13-14-32)23-7-8-24-27-21(23)5-4-6-22(27)29(40)37(24)25-9-10-26(38)34-28(25)39/h4-8,17-18,20,25H,9-16H2,1-3H3,(H,34,38,39). The minimum Gasteiger partial charge on any atom is -0.444 e. The molecule has 1 aliphatic carbocycles. The van der Waals surface area contributed by atoms with E-state index in [0.29, 0.717) is 25.1 Å². The smallest absolute Gasteiger partial charge is 0.410 e. The summed E-state index contributed by atoms with van der Waals surface area (Å²) in [6, 6.07) is 9.37. The van der Waals surface area contributed by atoms with Gasteiger partial charge in [-0.25, -0.2) is 4.79 Å². The van der Waals surface area contributed by atoms with E-state index in [0.717, 1.165) is 47.7 Å². The second-order valence-corrected chi connectivity index (χ2v) is 13.0. The average Bonchev–Trinajstić information content (AvgIpc) is 3.50. The monoisotopic (exact) mass is 569 g/mol. The third-order valence-electron chi connectivity index (χ3n) is 9.16. The lowest BCUT2D eigenvalue weighted by Crippen LogP contribution is -2.53. The fourth-order valence-corrected chi connectivity index (χ4v) is 6.92. The van der Waals surface area contributed by atoms with E-state index in [1.165, 1.54) is 5.56 Å². The zero-order chi connectivity index (χ0) is 29.4. The van der Waals surface area contributed by atoms with Gasteiger partial charge in [0.1, 0.15) is 11.6 Å². The van der Waals surface area contributed by atoms with Crippen molar-refractivity contribution in [3.63, 3.8) is 0 Å². The Hall–Kier alpha value is -4.21. The van der Waals surface area contributed by atoms with E-state index in [9.17, 15) is 19.2 Å². The van der Waals surface area contributed by atoms with Gasteiger partial charge in [0, 0.05) is 47.6 Å². The molecule has 1 unspecified atom stereocenters. The van der Waals surface area contributed by atoms with Crippen LogP contribution < -0.4 is 10.2 Å². The number of benzene rings is 2. The van der Waals surface area contributed by atoms with Crippen LogP contribution in [0.15, 0.2) is 42.7 Å². The van der Waals surface area contributed by atoms with Gasteiger partial charge in [-0.2, -0.15) is 5.10 Å². The first kappa shape index (κ1) is 26.7. The van der Waals surface area contributed by atoms with Crippen molar-refractivity contribution in [2.75, 3.05) is 18.0 Å². The second-order valence-electron chi connectivity index (χ2n) is 13.0. The van der Waals surface area contributed by atoms with Crippen LogP contribution in [0.2, 0.25) is 0 Å². The van der Waals surface area contributed by atoms with Crippen molar-refractivity contribution in [1.82, 2.24) is 20.0 Å². The zero-order valence-electron chi connectivity index (χ0n) is 24.2. The number of aromatic nitrogens is 2. The van der Waals surface area contributed by atoms with Crippen molar-refractivity contribution in [2.24, 2.45) is 0 Å². The van der Waals surface area contributed by atoms with Crippen molar-refractivity contribution in [3.05, 3.63) is 59.4 Å². The number of hydrogen-bond acceptors (Lipinski definition) is 6. The van der Waals surface area contributed by atoms with Gasteiger partial charge in [0.05, 0.1) is 17.9 Å². The number of rotatable bonds is 4. The SMILES string of the molecule is CC(C)(C)OC(=O)N1CCC(n2cc(C3(c4ccc5c6c(cccc46)C(=O)N5C4CCC(=O)NC4=O)CC3)cn2)CC1. The molecule has 218 valence electrons. The van der Waals surface area contributed by atoms with Gasteiger partial charge >= 0.3 is 6.09 Å². The first-order chi connectivity index (χ1) is 20.1. The van der Waals surface area contributed by atoms with Crippen molar-refractivity contribution >= 4 is 40.3 Å². The Bertz CT molecular complexity index is 1640. The van der Waals surface area contributed by atoms with Gasteiger partial charge in [-0.1, -0.05) is 18.2 Å². The summed E-state index contributed by atoms with van der Waals surface area (Å²) >= 11 is 0. The molecule has 2 saturated heterocycles. The number of carbonyl (C=O) groups is 4. The van der Waals surface area contributed by atoms with E-state index < -0.39 is 17.6 Å². The summed E-state index contributed by atoms with van der Waals surface area (Å²) in [5, 5.41) is 9.06. The number of anilines is 1. The fraction of sp³-hybridized carbons (Fsp3) is 0.469. The highest BCUT2D eigenvalue weighted by Gasteiger charge is 2.49. The summed E-state index contributed by atoms with van der Waals surface area (Å²) in [4.78, 5) is 53.9. The van der Waals surface area contributed by atoms with E-state index in [1.54, 1.807) is 9.80 Å². The minimum atomic E-state index is -0.702. The molecule has 4 aliphatic rings. The number of imide groups is 1. The van der Waals surface area contributed by atoms with Crippen LogP contribution in [0.3, 0.4) is 0 Å². The third-order valence-corrected chi connectivity index (χ3v) is 9.16. The summed E-state index contributed by atoms with van der Waals surface area (Å²) in [6.45, 7) is 6.90. The molecule has 42 heavy (non-hydrogen) atoms. The lowest BCUT2D eigenvalue weighted by atomic mass is 9.85. The maximum absolute atomic E-state index is 13.6. The summed E-state index contributed by atoms with van der Waals surface area (Å²) < 4.78 is 7.60. The summed E-state index contributed by atoms with van der Waals surface area (Å²) in [5.41, 5.74) is 2.95. The molecule has 3 aromatic rings. The molecule has 3 fully saturated rings. The molecule has 1 atom stereocenters. The van der Waals surface area contributed by atoms with E-state index >= 15 is 0 Å². The van der Waals surface area contributed by atoms with Gasteiger partial charge in [0.15, 0.2) is 0 Å². The molecule has 1 saturated carbocycles. The number of nitrogens with one attached hydrogen (secondary N) is 1. The van der Waals surface area contributed by atoms with Gasteiger partial charge in [-0.3, -0.25) is 29.3 Å². The maximum Gasteiger partial charge on any atom is 0.410 e. The molecule has 10 heteroatoms. The molecule has 2 aromatic carbocycles. The van der Waals surface area contributed by atoms with Gasteiger partial charge in [-0.05, 0) is 76.0 Å². The molecular formula is C32H35N5O5. The quantitative estimate of drug-likeness (QED) is 0.465. The van der Waals surface area contributed by atoms with Crippen molar-refractivity contribution < 1.29 is 23.9 Å². The molecule has 0 bridgehead atoms. The Morgan fingerprint density at radius 3 is 2.50 bits per heavy atom. The first-order valence-corrected chi connectivity index (χ1v) is 14.8. The number of piperidine rings is 2. The Morgan fingerprint density at radius 1 is 1.05 bits per heavy atom. The van der Waals surface area contributed by atoms with Crippen LogP contribution in [-0.4, -0.2) is 63.2 Å². The molecule has 1 aromatic heterocycles. The van der Waals surface area contributed by atoms with E-state index in [2.05, 4.69) is 28.3 Å². The summed E-state index contributed by atoms with van der Waals surface area (Å²) in [7, 11) is 0. The fourth-order valence-electron chi connectivity index (χ4n) is 6.92. The lowest BCUT2D eigenvalue weighted by Gasteiger charge is -2.33. The number of ether oxygens (including phenoxy) is 1. The molecule has 4 amide bonds. The number of hydrogen-bond donors (Lipinski definition) is 1. The molecule has 10 nitrogen and oxygen atoms in total. The van der Waals surface area contributed by atoms with Crippen LogP contribution in [0.5, 0.6) is 0 Å². The molecule has 3 aliphatic heterocycles. The van der Waals surface area contributed by atoms with E-state index in [1.807, 2.05) is 45.2 Å². The van der Waals surface area contributed by atoms with E-state index in [4.69, 9.17) is 9.84 Å². The Kier molecular flexibility index (Phi) is 5.97. The number of nitrogens with zero attached hydrogens (tertiary/aromatic N) is 4. The van der Waals surface area contributed by atoms with Gasteiger partial charge in [0.25, 0.3) is 5.91 Å². The molecule has 4 heterocycles. The van der Waals surface area contributed by atoms with Crippen LogP contribution >= 0.6 is 0 Å². The maximum atomic E-state index is 13.6. The predicted octanol–water partition coefficient (Wildman–Crippen LogP) is 4.45. The van der Waals surface area contributed by atoms with Gasteiger partial charge < -0.3 is 9.64 Å². The van der Waals surface area contributed by atoms with Crippen molar-refractivity contribution in [2.45, 2.75) is 82.4 Å². The van der Waals surface area contributed by atoms with Crippen LogP contribution in [0.25, 0.3) is 10.8 Å². The average molecular weight is 570 g/mol. The predicted molar refractivity (Wildman–Crippen MR) is 155 cm³/mol. The van der Waals surface area contributed by atoms with Crippen LogP contribution in [0.4, 0.5) is 10.5 Å². The third kappa shape index (κ3) is 4.26. The molecule has 7 rings (SSSR count). The molecular weight excluding hydrogens is 534 g/mol. The summed E-state index contributed by atoms with van der Waals surface area (Å²) in [6.07, 6.45) is 7.99. The molecule has 0 spiro atoms. The Balaban J connectivity index is 1.15. The first-order valence-electron chi connectivity index (χ1n) is 14.8. The van der Waals surface area contributed by atoms with Gasteiger partial charge in [0.2, 0.25) is 11.8 Å². The van der Waals surface area contributed by atoms with Crippen molar-refractivity contribution in [1.29, 1.82) is 0 Å². The number of likely N-dealkylation sites (tertiary alicyclic amines) is 1. The summed E-state index contributed by atoms with van der Waals surface area (Å²) in [5.74, 6) is -0.920. The highest BCUT2D eigenvalue weighted by atomic mass is 16.6. The second kappa shape index (κ2) is 9.40. The van der Waals surface area contributed by atoms with Crippen LogP contribution in [-0.2, 0) is 19.7 Å². The normalized spacial score (nSPS) is 22.1. The van der Waals surface area contributed by atoms with Crippen molar-refractivity contribution in [3.8, 4) is 0 Å². The van der Waals surface area contributed by atoms with Crippen LogP contribution in [0, 0.1) is 0 Å². The number of carbonyl (C=O) groups excluding carboxylic acids is 4. The molecule has 1 N–H and O–H groups in total. The topological polar surface area (TPSA) is 114 Å².